The van der Waals surface area contributed by atoms with E-state index in [9.17, 15) is 26.7 Å². The summed E-state index contributed by atoms with van der Waals surface area (Å²) in [5, 5.41) is 10.1. The zero-order valence-corrected chi connectivity index (χ0v) is 15.0. The first-order valence-corrected chi connectivity index (χ1v) is 9.77. The number of halogens is 3. The summed E-state index contributed by atoms with van der Waals surface area (Å²) in [5.74, 6) is -0.368. The van der Waals surface area contributed by atoms with Crippen molar-refractivity contribution in [2.45, 2.75) is 11.1 Å². The van der Waals surface area contributed by atoms with E-state index in [2.05, 4.69) is 0 Å². The Hall–Kier alpha value is -2.80. The van der Waals surface area contributed by atoms with Gasteiger partial charge in [0.15, 0.2) is 9.84 Å². The van der Waals surface area contributed by atoms with Crippen LogP contribution in [0.15, 0.2) is 71.6 Å². The second kappa shape index (κ2) is 6.74. The predicted molar refractivity (Wildman–Crippen MR) is 97.1 cm³/mol. The van der Waals surface area contributed by atoms with Crippen molar-refractivity contribution in [3.05, 3.63) is 72.3 Å². The first-order valence-electron chi connectivity index (χ1n) is 7.88. The number of rotatable bonds is 3. The number of phenolic OH excluding ortho intramolecular Hbond substituents is 1. The van der Waals surface area contributed by atoms with Crippen LogP contribution in [-0.4, -0.2) is 19.8 Å². The number of benzene rings is 3. The Balaban J connectivity index is 2.50. The minimum Gasteiger partial charge on any atom is -0.507 e. The van der Waals surface area contributed by atoms with Crippen molar-refractivity contribution >= 4 is 9.84 Å². The number of sulfone groups is 1. The van der Waals surface area contributed by atoms with E-state index in [0.29, 0.717) is 0 Å². The lowest BCUT2D eigenvalue weighted by molar-refractivity contribution is -0.136. The molecule has 0 amide bonds. The third-order valence-electron chi connectivity index (χ3n) is 4.10. The second-order valence-electron chi connectivity index (χ2n) is 6.05. The molecule has 27 heavy (non-hydrogen) atoms. The lowest BCUT2D eigenvalue weighted by Crippen LogP contribution is -2.11. The fraction of sp³-hybridized carbons (Fsp3) is 0.100. The summed E-state index contributed by atoms with van der Waals surface area (Å²) < 4.78 is 66.2. The Morgan fingerprint density at radius 2 is 1.37 bits per heavy atom. The topological polar surface area (TPSA) is 54.4 Å². The van der Waals surface area contributed by atoms with Gasteiger partial charge in [-0.15, -0.1) is 0 Å². The first kappa shape index (κ1) is 19.0. The molecule has 3 nitrogen and oxygen atoms in total. The highest BCUT2D eigenvalue weighted by molar-refractivity contribution is 7.90. The summed E-state index contributed by atoms with van der Waals surface area (Å²) in [6.07, 6.45) is -3.84. The molecule has 0 aliphatic heterocycles. The molecule has 1 N–H and O–H groups in total. The smallest absolute Gasteiger partial charge is 0.417 e. The van der Waals surface area contributed by atoms with E-state index < -0.39 is 21.6 Å². The fourth-order valence-electron chi connectivity index (χ4n) is 2.89. The molecule has 140 valence electrons. The van der Waals surface area contributed by atoms with Crippen LogP contribution in [0.1, 0.15) is 5.56 Å². The van der Waals surface area contributed by atoms with Crippen molar-refractivity contribution < 1.29 is 26.7 Å². The molecule has 0 heterocycles. The molecule has 0 fully saturated rings. The van der Waals surface area contributed by atoms with Gasteiger partial charge in [-0.3, -0.25) is 0 Å². The maximum atomic E-state index is 14.0. The second-order valence-corrected chi connectivity index (χ2v) is 8.06. The van der Waals surface area contributed by atoms with Gasteiger partial charge in [0.25, 0.3) is 0 Å². The van der Waals surface area contributed by atoms with E-state index in [1.807, 2.05) is 0 Å². The first-order chi connectivity index (χ1) is 12.6. The number of alkyl halides is 3. The normalized spacial score (nSPS) is 12.1. The van der Waals surface area contributed by atoms with Crippen molar-refractivity contribution in [2.24, 2.45) is 0 Å². The number of hydrogen-bond acceptors (Lipinski definition) is 3. The molecule has 0 bridgehead atoms. The van der Waals surface area contributed by atoms with E-state index in [1.165, 1.54) is 36.4 Å². The quantitative estimate of drug-likeness (QED) is 0.671. The van der Waals surface area contributed by atoms with Crippen molar-refractivity contribution in [3.8, 4) is 28.0 Å². The zero-order chi connectivity index (χ0) is 19.8. The molecule has 0 saturated carbocycles. The van der Waals surface area contributed by atoms with Gasteiger partial charge in [0, 0.05) is 11.8 Å². The summed E-state index contributed by atoms with van der Waals surface area (Å²) in [7, 11) is -3.79. The van der Waals surface area contributed by atoms with Gasteiger partial charge < -0.3 is 5.11 Å². The van der Waals surface area contributed by atoms with E-state index in [-0.39, 0.29) is 32.9 Å². The standard InChI is InChI=1S/C20H15F3O3S/c1-27(25,26)14-11-16(13-7-3-2-4-8-13)19(20(21,22)23)17(12-14)15-9-5-6-10-18(15)24/h2-12,24H,1H3. The highest BCUT2D eigenvalue weighted by atomic mass is 32.2. The van der Waals surface area contributed by atoms with Crippen molar-refractivity contribution in [1.82, 2.24) is 0 Å². The number of para-hydroxylation sites is 1. The van der Waals surface area contributed by atoms with Gasteiger partial charge >= 0.3 is 6.18 Å². The van der Waals surface area contributed by atoms with Crippen LogP contribution in [0.4, 0.5) is 13.2 Å². The molecule has 3 rings (SSSR count). The van der Waals surface area contributed by atoms with Gasteiger partial charge in [-0.05, 0) is 34.9 Å². The summed E-state index contributed by atoms with van der Waals surface area (Å²) in [6, 6.07) is 15.3. The van der Waals surface area contributed by atoms with Crippen LogP contribution in [0.25, 0.3) is 22.3 Å². The highest BCUT2D eigenvalue weighted by Crippen LogP contribution is 2.46. The van der Waals surface area contributed by atoms with Gasteiger partial charge in [0.2, 0.25) is 0 Å². The lowest BCUT2D eigenvalue weighted by atomic mass is 9.91. The predicted octanol–water partition coefficient (Wildman–Crippen LogP) is 5.15. The van der Waals surface area contributed by atoms with Crippen LogP contribution in [0.5, 0.6) is 5.75 Å². The third-order valence-corrected chi connectivity index (χ3v) is 5.19. The van der Waals surface area contributed by atoms with Gasteiger partial charge in [0.1, 0.15) is 5.75 Å². The molecular formula is C20H15F3O3S. The van der Waals surface area contributed by atoms with Gasteiger partial charge in [-0.1, -0.05) is 48.5 Å². The van der Waals surface area contributed by atoms with Crippen LogP contribution < -0.4 is 0 Å². The van der Waals surface area contributed by atoms with Crippen LogP contribution in [-0.2, 0) is 16.0 Å². The minimum atomic E-state index is -4.77. The molecule has 3 aromatic carbocycles. The Kier molecular flexibility index (Phi) is 4.73. The SMILES string of the molecule is CS(=O)(=O)c1cc(-c2ccccc2)c(C(F)(F)F)c(-c2ccccc2O)c1. The maximum Gasteiger partial charge on any atom is 0.417 e. The molecule has 0 aliphatic carbocycles. The maximum absolute atomic E-state index is 14.0. The molecule has 0 aromatic heterocycles. The van der Waals surface area contributed by atoms with E-state index in [4.69, 9.17) is 0 Å². The molecule has 3 aromatic rings. The summed E-state index contributed by atoms with van der Waals surface area (Å²) in [5.41, 5.74) is -1.51. The molecule has 0 saturated heterocycles. The average molecular weight is 392 g/mol. The molecule has 7 heteroatoms. The number of hydrogen-bond donors (Lipinski definition) is 1. The number of aromatic hydroxyl groups is 1. The minimum absolute atomic E-state index is 0.0903. The lowest BCUT2D eigenvalue weighted by Gasteiger charge is -2.20. The largest absolute Gasteiger partial charge is 0.507 e. The van der Waals surface area contributed by atoms with Gasteiger partial charge in [-0.2, -0.15) is 13.2 Å². The Labute approximate surface area is 154 Å². The van der Waals surface area contributed by atoms with Crippen LogP contribution in [0, 0.1) is 0 Å². The molecular weight excluding hydrogens is 377 g/mol. The van der Waals surface area contributed by atoms with Crippen molar-refractivity contribution in [1.29, 1.82) is 0 Å². The van der Waals surface area contributed by atoms with Crippen molar-refractivity contribution in [2.75, 3.05) is 6.26 Å². The van der Waals surface area contributed by atoms with E-state index in [1.54, 1.807) is 18.2 Å². The molecule has 0 radical (unpaired) electrons. The zero-order valence-electron chi connectivity index (χ0n) is 14.2. The van der Waals surface area contributed by atoms with Gasteiger partial charge in [0.05, 0.1) is 10.5 Å². The van der Waals surface area contributed by atoms with Gasteiger partial charge in [-0.25, -0.2) is 8.42 Å². The highest BCUT2D eigenvalue weighted by Gasteiger charge is 2.38. The van der Waals surface area contributed by atoms with Crippen LogP contribution in [0.2, 0.25) is 0 Å². The fourth-order valence-corrected chi connectivity index (χ4v) is 3.56. The Morgan fingerprint density at radius 3 is 1.93 bits per heavy atom. The van der Waals surface area contributed by atoms with E-state index >= 15 is 0 Å². The third kappa shape index (κ3) is 3.83. The molecule has 0 aliphatic rings. The molecule has 0 atom stereocenters. The van der Waals surface area contributed by atoms with Crippen LogP contribution in [0.3, 0.4) is 0 Å². The molecule has 0 spiro atoms. The number of phenols is 1. The molecule has 0 unspecified atom stereocenters. The summed E-state index contributed by atoms with van der Waals surface area (Å²) in [4.78, 5) is -0.257. The summed E-state index contributed by atoms with van der Waals surface area (Å²) in [6.45, 7) is 0. The Bertz CT molecular complexity index is 1090. The average Bonchev–Trinajstić information content (AvgIpc) is 2.60. The summed E-state index contributed by atoms with van der Waals surface area (Å²) >= 11 is 0. The van der Waals surface area contributed by atoms with Crippen molar-refractivity contribution in [3.63, 3.8) is 0 Å². The van der Waals surface area contributed by atoms with Crippen LogP contribution >= 0.6 is 0 Å². The van der Waals surface area contributed by atoms with E-state index in [0.717, 1.165) is 18.4 Å². The Morgan fingerprint density at radius 1 is 0.815 bits per heavy atom. The monoisotopic (exact) mass is 392 g/mol.